The first-order valence-electron chi connectivity index (χ1n) is 13.1. The summed E-state index contributed by atoms with van der Waals surface area (Å²) in [6.07, 6.45) is 3.05. The van der Waals surface area contributed by atoms with Gasteiger partial charge in [-0.15, -0.1) is 0 Å². The van der Waals surface area contributed by atoms with Crippen LogP contribution in [-0.2, 0) is 22.7 Å². The van der Waals surface area contributed by atoms with E-state index in [4.69, 9.17) is 4.52 Å². The molecule has 1 aliphatic heterocycles. The molecule has 1 aromatic heterocycles. The second-order valence-corrected chi connectivity index (χ2v) is 9.90. The molecule has 0 fully saturated rings. The minimum Gasteiger partial charge on any atom is -0.356 e. The van der Waals surface area contributed by atoms with Crippen LogP contribution in [0.2, 0.25) is 0 Å². The highest BCUT2D eigenvalue weighted by Crippen LogP contribution is 2.28. The Bertz CT molecular complexity index is 1290. The van der Waals surface area contributed by atoms with Gasteiger partial charge >= 0.3 is 0 Å². The first kappa shape index (κ1) is 27.3. The lowest BCUT2D eigenvalue weighted by Crippen LogP contribution is -2.48. The van der Waals surface area contributed by atoms with Crippen molar-refractivity contribution < 1.29 is 18.5 Å². The van der Waals surface area contributed by atoms with Gasteiger partial charge in [0.15, 0.2) is 5.76 Å². The number of hydrogen-bond acceptors (Lipinski definition) is 6. The third-order valence-corrected chi connectivity index (χ3v) is 6.87. The summed E-state index contributed by atoms with van der Waals surface area (Å²) in [7, 11) is 1.72. The first-order chi connectivity index (χ1) is 18.2. The first-order valence-corrected chi connectivity index (χ1v) is 13.1. The van der Waals surface area contributed by atoms with Crippen molar-refractivity contribution in [2.75, 3.05) is 31.6 Å². The number of anilines is 1. The number of nitrogens with one attached hydrogen (secondary N) is 1. The van der Waals surface area contributed by atoms with E-state index in [1.54, 1.807) is 18.1 Å². The molecule has 0 bridgehead atoms. The fraction of sp³-hybridized carbons (Fsp3) is 0.414. The molecule has 3 aromatic rings. The van der Waals surface area contributed by atoms with Crippen molar-refractivity contribution in [3.63, 3.8) is 0 Å². The van der Waals surface area contributed by atoms with Crippen molar-refractivity contribution in [1.82, 2.24) is 20.5 Å². The van der Waals surface area contributed by atoms with E-state index in [1.165, 1.54) is 12.1 Å². The number of likely N-dealkylation sites (N-methyl/N-ethyl adjacent to an activating group) is 1. The van der Waals surface area contributed by atoms with Crippen molar-refractivity contribution in [1.29, 1.82) is 0 Å². The standard InChI is InChI=1S/C29H36FN5O3/c1-5-6-7-12-31-28(36)18-34(26-11-9-22(13-20(26)2)27-14-21(3)32-38-27)19-29(37)33(4)35-16-23-8-10-25(30)15-24(23)17-35/h8-11,13-15H,5-7,12,16-19H2,1-4H3,(H,31,36). The zero-order chi connectivity index (χ0) is 27.2. The van der Waals surface area contributed by atoms with Gasteiger partial charge < -0.3 is 14.7 Å². The Morgan fingerprint density at radius 1 is 1.05 bits per heavy atom. The van der Waals surface area contributed by atoms with Crippen molar-refractivity contribution in [3.05, 3.63) is 70.7 Å². The van der Waals surface area contributed by atoms with Gasteiger partial charge in [-0.1, -0.05) is 31.0 Å². The van der Waals surface area contributed by atoms with E-state index in [0.717, 1.165) is 52.9 Å². The summed E-state index contributed by atoms with van der Waals surface area (Å²) in [4.78, 5) is 28.1. The molecule has 202 valence electrons. The summed E-state index contributed by atoms with van der Waals surface area (Å²) in [6.45, 7) is 7.60. The van der Waals surface area contributed by atoms with E-state index in [9.17, 15) is 14.0 Å². The quantitative estimate of drug-likeness (QED) is 0.372. The van der Waals surface area contributed by atoms with Crippen LogP contribution in [-0.4, -0.2) is 53.7 Å². The maximum Gasteiger partial charge on any atom is 0.256 e. The molecule has 0 spiro atoms. The zero-order valence-corrected chi connectivity index (χ0v) is 22.6. The van der Waals surface area contributed by atoms with Gasteiger partial charge in [0.2, 0.25) is 5.91 Å². The monoisotopic (exact) mass is 521 g/mol. The number of rotatable bonds is 11. The fourth-order valence-corrected chi connectivity index (χ4v) is 4.70. The van der Waals surface area contributed by atoms with Gasteiger partial charge in [0.05, 0.1) is 18.8 Å². The maximum atomic E-state index is 13.7. The van der Waals surface area contributed by atoms with Crippen molar-refractivity contribution in [2.24, 2.45) is 0 Å². The summed E-state index contributed by atoms with van der Waals surface area (Å²) in [5.74, 6) is 0.0923. The van der Waals surface area contributed by atoms with Gasteiger partial charge in [0, 0.05) is 44.0 Å². The van der Waals surface area contributed by atoms with Crippen molar-refractivity contribution in [2.45, 2.75) is 53.1 Å². The highest BCUT2D eigenvalue weighted by atomic mass is 19.1. The highest BCUT2D eigenvalue weighted by molar-refractivity contribution is 5.87. The number of carbonyl (C=O) groups excluding carboxylic acids is 2. The van der Waals surface area contributed by atoms with E-state index in [0.29, 0.717) is 25.4 Å². The molecule has 1 aliphatic rings. The largest absolute Gasteiger partial charge is 0.356 e. The van der Waals surface area contributed by atoms with Gasteiger partial charge in [-0.3, -0.25) is 14.6 Å². The molecular weight excluding hydrogens is 485 g/mol. The second kappa shape index (κ2) is 12.2. The maximum absolute atomic E-state index is 13.7. The summed E-state index contributed by atoms with van der Waals surface area (Å²) in [5, 5.41) is 10.4. The van der Waals surface area contributed by atoms with Crippen LogP contribution in [0.15, 0.2) is 47.0 Å². The lowest BCUT2D eigenvalue weighted by molar-refractivity contribution is -0.145. The van der Waals surface area contributed by atoms with Gasteiger partial charge in [-0.2, -0.15) is 0 Å². The average Bonchev–Trinajstić information content (AvgIpc) is 3.51. The van der Waals surface area contributed by atoms with Gasteiger partial charge in [-0.25, -0.2) is 9.40 Å². The van der Waals surface area contributed by atoms with Gasteiger partial charge in [0.25, 0.3) is 5.91 Å². The van der Waals surface area contributed by atoms with E-state index in [1.807, 2.05) is 48.0 Å². The molecule has 0 aliphatic carbocycles. The lowest BCUT2D eigenvalue weighted by atomic mass is 10.1. The van der Waals surface area contributed by atoms with Crippen molar-refractivity contribution in [3.8, 4) is 11.3 Å². The Balaban J connectivity index is 1.50. The van der Waals surface area contributed by atoms with E-state index < -0.39 is 0 Å². The number of benzene rings is 2. The molecule has 2 aromatic carbocycles. The van der Waals surface area contributed by atoms with Crippen LogP contribution >= 0.6 is 0 Å². The van der Waals surface area contributed by atoms with Gasteiger partial charge in [-0.05, 0) is 67.3 Å². The summed E-state index contributed by atoms with van der Waals surface area (Å²) in [6, 6.07) is 12.4. The van der Waals surface area contributed by atoms with Crippen LogP contribution in [0.5, 0.6) is 0 Å². The number of halogens is 1. The molecule has 38 heavy (non-hydrogen) atoms. The summed E-state index contributed by atoms with van der Waals surface area (Å²) >= 11 is 0. The van der Waals surface area contributed by atoms with Crippen LogP contribution in [0.3, 0.4) is 0 Å². The van der Waals surface area contributed by atoms with Crippen LogP contribution in [0, 0.1) is 19.7 Å². The number of unbranched alkanes of at least 4 members (excludes halogenated alkanes) is 2. The number of aromatic nitrogens is 1. The third kappa shape index (κ3) is 6.58. The molecule has 0 radical (unpaired) electrons. The molecule has 2 heterocycles. The highest BCUT2D eigenvalue weighted by Gasteiger charge is 2.27. The predicted octanol–water partition coefficient (Wildman–Crippen LogP) is 4.60. The molecule has 8 nitrogen and oxygen atoms in total. The SMILES string of the molecule is CCCCCNC(=O)CN(CC(=O)N(C)N1Cc2ccc(F)cc2C1)c1ccc(-c2cc(C)no2)cc1C. The Morgan fingerprint density at radius 3 is 2.55 bits per heavy atom. The fourth-order valence-electron chi connectivity index (χ4n) is 4.70. The molecular formula is C29H36FN5O3. The minimum absolute atomic E-state index is 0.0156. The van der Waals surface area contributed by atoms with Crippen LogP contribution in [0.4, 0.5) is 10.1 Å². The summed E-state index contributed by atoms with van der Waals surface area (Å²) in [5.41, 5.74) is 5.26. The third-order valence-electron chi connectivity index (χ3n) is 6.87. The molecule has 2 amide bonds. The molecule has 1 N–H and O–H groups in total. The molecule has 0 unspecified atom stereocenters. The average molecular weight is 522 g/mol. The Morgan fingerprint density at radius 2 is 1.84 bits per heavy atom. The van der Waals surface area contributed by atoms with Crippen LogP contribution in [0.25, 0.3) is 11.3 Å². The number of nitrogens with zero attached hydrogens (tertiary/aromatic N) is 4. The second-order valence-electron chi connectivity index (χ2n) is 9.90. The van der Waals surface area contributed by atoms with E-state index >= 15 is 0 Å². The Labute approximate surface area is 223 Å². The Kier molecular flexibility index (Phi) is 8.78. The number of fused-ring (bicyclic) bond motifs is 1. The molecule has 4 rings (SSSR count). The lowest BCUT2D eigenvalue weighted by Gasteiger charge is -2.32. The Hall–Kier alpha value is -3.72. The smallest absolute Gasteiger partial charge is 0.256 e. The molecule has 0 saturated carbocycles. The van der Waals surface area contributed by atoms with E-state index in [-0.39, 0.29) is 30.7 Å². The number of carbonyl (C=O) groups is 2. The number of aryl methyl sites for hydroxylation is 2. The van der Waals surface area contributed by atoms with Crippen LogP contribution in [0.1, 0.15) is 48.6 Å². The molecule has 0 saturated heterocycles. The normalized spacial score (nSPS) is 12.9. The number of amides is 2. The summed E-state index contributed by atoms with van der Waals surface area (Å²) < 4.78 is 19.1. The number of hydrazine groups is 1. The predicted molar refractivity (Wildman–Crippen MR) is 145 cm³/mol. The molecule has 0 atom stereocenters. The molecule has 9 heteroatoms. The zero-order valence-electron chi connectivity index (χ0n) is 22.6. The number of hydrogen-bond donors (Lipinski definition) is 1. The van der Waals surface area contributed by atoms with Crippen molar-refractivity contribution >= 4 is 17.5 Å². The minimum atomic E-state index is -0.282. The van der Waals surface area contributed by atoms with E-state index in [2.05, 4.69) is 17.4 Å². The van der Waals surface area contributed by atoms with Gasteiger partial charge in [0.1, 0.15) is 5.82 Å². The topological polar surface area (TPSA) is 81.9 Å². The van der Waals surface area contributed by atoms with Crippen LogP contribution < -0.4 is 10.2 Å².